The molecule has 0 aliphatic rings. The topological polar surface area (TPSA) is 52.6 Å². The molecule has 114 valence electrons. The van der Waals surface area contributed by atoms with Gasteiger partial charge in [0.25, 0.3) is 0 Å². The van der Waals surface area contributed by atoms with Crippen LogP contribution in [0, 0.1) is 0 Å². The van der Waals surface area contributed by atoms with Gasteiger partial charge in [-0.2, -0.15) is 0 Å². The summed E-state index contributed by atoms with van der Waals surface area (Å²) in [6, 6.07) is 7.00. The van der Waals surface area contributed by atoms with Gasteiger partial charge in [0.2, 0.25) is 5.78 Å². The van der Waals surface area contributed by atoms with Gasteiger partial charge in [0, 0.05) is 5.02 Å². The second-order valence-electron chi connectivity index (χ2n) is 3.97. The molecule has 0 N–H and O–H groups in total. The molecule has 0 aliphatic heterocycles. The number of ether oxygens (including phenoxy) is 2. The molecule has 0 amide bonds. The summed E-state index contributed by atoms with van der Waals surface area (Å²) in [5.41, 5.74) is 0.626. The van der Waals surface area contributed by atoms with Crippen LogP contribution < -0.4 is 0 Å². The number of alkyl halides is 1. The molecule has 0 atom stereocenters. The van der Waals surface area contributed by atoms with Crippen molar-refractivity contribution in [2.24, 2.45) is 0 Å². The van der Waals surface area contributed by atoms with Crippen LogP contribution in [0.25, 0.3) is 6.08 Å². The van der Waals surface area contributed by atoms with Crippen LogP contribution in [0.2, 0.25) is 5.02 Å². The van der Waals surface area contributed by atoms with Gasteiger partial charge < -0.3 is 9.47 Å². The fourth-order valence-corrected chi connectivity index (χ4v) is 1.78. The zero-order chi connectivity index (χ0) is 15.7. The molecule has 0 saturated heterocycles. The standard InChI is InChI=1S/C15H16Cl2O4/c1-2-20-15(19)10-13(18)14(21-8-7-16)9-11-5-3-4-6-12(11)17/h3-6,9H,2,7-8,10H2,1H3. The summed E-state index contributed by atoms with van der Waals surface area (Å²) in [6.45, 7) is 2.05. The van der Waals surface area contributed by atoms with Gasteiger partial charge in [-0.15, -0.1) is 11.6 Å². The molecule has 0 radical (unpaired) electrons. The molecular formula is C15H16Cl2O4. The van der Waals surface area contributed by atoms with Gasteiger partial charge >= 0.3 is 5.97 Å². The molecule has 0 saturated carbocycles. The van der Waals surface area contributed by atoms with Crippen molar-refractivity contribution >= 4 is 41.0 Å². The SMILES string of the molecule is CCOC(=O)CC(=O)C(=Cc1ccccc1Cl)OCCCl. The highest BCUT2D eigenvalue weighted by Crippen LogP contribution is 2.19. The third kappa shape index (κ3) is 6.19. The van der Waals surface area contributed by atoms with Crippen LogP contribution in [-0.2, 0) is 19.1 Å². The van der Waals surface area contributed by atoms with E-state index in [4.69, 9.17) is 32.7 Å². The van der Waals surface area contributed by atoms with E-state index >= 15 is 0 Å². The van der Waals surface area contributed by atoms with Crippen molar-refractivity contribution in [2.75, 3.05) is 19.1 Å². The molecule has 0 aromatic heterocycles. The minimum Gasteiger partial charge on any atom is -0.489 e. The molecule has 0 unspecified atom stereocenters. The first-order valence-corrected chi connectivity index (χ1v) is 7.33. The van der Waals surface area contributed by atoms with Crippen molar-refractivity contribution < 1.29 is 19.1 Å². The van der Waals surface area contributed by atoms with E-state index in [1.807, 2.05) is 0 Å². The lowest BCUT2D eigenvalue weighted by molar-refractivity contribution is -0.145. The maximum absolute atomic E-state index is 12.1. The zero-order valence-corrected chi connectivity index (χ0v) is 13.1. The number of carbonyl (C=O) groups excluding carboxylic acids is 2. The van der Waals surface area contributed by atoms with Crippen molar-refractivity contribution in [2.45, 2.75) is 13.3 Å². The molecular weight excluding hydrogens is 315 g/mol. The fourth-order valence-electron chi connectivity index (χ4n) is 1.51. The average molecular weight is 331 g/mol. The number of carbonyl (C=O) groups is 2. The van der Waals surface area contributed by atoms with Crippen LogP contribution in [-0.4, -0.2) is 30.8 Å². The van der Waals surface area contributed by atoms with Crippen LogP contribution in [0.3, 0.4) is 0 Å². The lowest BCUT2D eigenvalue weighted by Crippen LogP contribution is -2.15. The van der Waals surface area contributed by atoms with Gasteiger partial charge in [-0.25, -0.2) is 0 Å². The van der Waals surface area contributed by atoms with E-state index < -0.39 is 11.8 Å². The Hall–Kier alpha value is -1.52. The number of esters is 1. The van der Waals surface area contributed by atoms with Crippen LogP contribution in [0.5, 0.6) is 0 Å². The van der Waals surface area contributed by atoms with Gasteiger partial charge in [0.15, 0.2) is 5.76 Å². The van der Waals surface area contributed by atoms with Crippen LogP contribution in [0.4, 0.5) is 0 Å². The molecule has 1 rings (SSSR count). The summed E-state index contributed by atoms with van der Waals surface area (Å²) in [5, 5.41) is 0.480. The number of halogens is 2. The minimum atomic E-state index is -0.595. The Morgan fingerprint density at radius 1 is 1.24 bits per heavy atom. The van der Waals surface area contributed by atoms with Crippen LogP contribution in [0.1, 0.15) is 18.9 Å². The maximum atomic E-state index is 12.1. The highest BCUT2D eigenvalue weighted by Gasteiger charge is 2.17. The first kappa shape index (κ1) is 17.5. The van der Waals surface area contributed by atoms with Crippen molar-refractivity contribution in [3.05, 3.63) is 40.6 Å². The maximum Gasteiger partial charge on any atom is 0.313 e. The Morgan fingerprint density at radius 2 is 1.95 bits per heavy atom. The van der Waals surface area contributed by atoms with E-state index in [1.54, 1.807) is 31.2 Å². The quantitative estimate of drug-likeness (QED) is 0.241. The summed E-state index contributed by atoms with van der Waals surface area (Å²) >= 11 is 11.6. The van der Waals surface area contributed by atoms with Gasteiger partial charge in [-0.3, -0.25) is 9.59 Å². The van der Waals surface area contributed by atoms with E-state index in [2.05, 4.69) is 0 Å². The minimum absolute atomic E-state index is 0.0387. The van der Waals surface area contributed by atoms with E-state index in [9.17, 15) is 9.59 Å². The van der Waals surface area contributed by atoms with Crippen molar-refractivity contribution in [1.82, 2.24) is 0 Å². The molecule has 1 aromatic carbocycles. The molecule has 6 heteroatoms. The number of hydrogen-bond donors (Lipinski definition) is 0. The molecule has 4 nitrogen and oxygen atoms in total. The number of Topliss-reactive ketones (excluding diaryl/α,β-unsaturated/α-hetero) is 1. The zero-order valence-electron chi connectivity index (χ0n) is 11.6. The molecule has 21 heavy (non-hydrogen) atoms. The van der Waals surface area contributed by atoms with E-state index in [1.165, 1.54) is 6.08 Å². The van der Waals surface area contributed by atoms with Crippen molar-refractivity contribution in [3.8, 4) is 0 Å². The van der Waals surface area contributed by atoms with Gasteiger partial charge in [-0.1, -0.05) is 29.8 Å². The Bertz CT molecular complexity index is 526. The number of benzene rings is 1. The first-order chi connectivity index (χ1) is 10.1. The van der Waals surface area contributed by atoms with E-state index in [-0.39, 0.29) is 31.3 Å². The second-order valence-corrected chi connectivity index (χ2v) is 4.76. The second kappa shape index (κ2) is 9.42. The Kier molecular flexibility index (Phi) is 7.87. The number of rotatable bonds is 8. The summed E-state index contributed by atoms with van der Waals surface area (Å²) < 4.78 is 10.1. The summed E-state index contributed by atoms with van der Waals surface area (Å²) in [4.78, 5) is 23.4. The summed E-state index contributed by atoms with van der Waals surface area (Å²) in [6.07, 6.45) is 1.11. The van der Waals surface area contributed by atoms with Gasteiger partial charge in [0.05, 0.1) is 12.5 Å². The molecule has 0 aliphatic carbocycles. The molecule has 1 aromatic rings. The van der Waals surface area contributed by atoms with Crippen LogP contribution in [0.15, 0.2) is 30.0 Å². The van der Waals surface area contributed by atoms with Crippen molar-refractivity contribution in [3.63, 3.8) is 0 Å². The molecule has 0 spiro atoms. The molecule has 0 bridgehead atoms. The van der Waals surface area contributed by atoms with Crippen LogP contribution >= 0.6 is 23.2 Å². The lowest BCUT2D eigenvalue weighted by atomic mass is 10.1. The highest BCUT2D eigenvalue weighted by atomic mass is 35.5. The Balaban J connectivity index is 2.92. The highest BCUT2D eigenvalue weighted by molar-refractivity contribution is 6.32. The Morgan fingerprint density at radius 3 is 2.57 bits per heavy atom. The summed E-state index contributed by atoms with van der Waals surface area (Å²) in [5.74, 6) is -0.802. The smallest absolute Gasteiger partial charge is 0.313 e. The lowest BCUT2D eigenvalue weighted by Gasteiger charge is -2.09. The fraction of sp³-hybridized carbons (Fsp3) is 0.333. The molecule has 0 heterocycles. The number of allylic oxidation sites excluding steroid dienone is 1. The largest absolute Gasteiger partial charge is 0.489 e. The average Bonchev–Trinajstić information content (AvgIpc) is 2.45. The summed E-state index contributed by atoms with van der Waals surface area (Å²) in [7, 11) is 0. The third-order valence-electron chi connectivity index (χ3n) is 2.41. The predicted molar refractivity (Wildman–Crippen MR) is 82.4 cm³/mol. The predicted octanol–water partition coefficient (Wildman–Crippen LogP) is 3.46. The molecule has 0 fully saturated rings. The number of ketones is 1. The normalized spacial score (nSPS) is 11.1. The van der Waals surface area contributed by atoms with E-state index in [0.717, 1.165) is 0 Å². The Labute approximate surface area is 133 Å². The number of hydrogen-bond acceptors (Lipinski definition) is 4. The van der Waals surface area contributed by atoms with Crippen molar-refractivity contribution in [1.29, 1.82) is 0 Å². The van der Waals surface area contributed by atoms with Gasteiger partial charge in [0.1, 0.15) is 13.0 Å². The van der Waals surface area contributed by atoms with Gasteiger partial charge in [-0.05, 0) is 24.6 Å². The van der Waals surface area contributed by atoms with E-state index in [0.29, 0.717) is 10.6 Å². The monoisotopic (exact) mass is 330 g/mol. The third-order valence-corrected chi connectivity index (χ3v) is 2.91. The first-order valence-electron chi connectivity index (χ1n) is 6.42.